The molecule has 1 aromatic carbocycles. The van der Waals surface area contributed by atoms with Gasteiger partial charge in [0, 0.05) is 25.4 Å². The van der Waals surface area contributed by atoms with Crippen molar-refractivity contribution >= 4 is 16.1 Å². The van der Waals surface area contributed by atoms with Crippen LogP contribution in [0.5, 0.6) is 11.5 Å². The average molecular weight is 345 g/mol. The maximum atomic E-state index is 12.8. The minimum absolute atomic E-state index is 0.0532. The lowest BCUT2D eigenvalue weighted by Crippen LogP contribution is -2.25. The SMILES string of the molecule is CCOc1cc(CN2CC(CS(=O)(=O)F)CC2=O)ccc1OC. The van der Waals surface area contributed by atoms with Crippen LogP contribution in [0.2, 0.25) is 0 Å². The van der Waals surface area contributed by atoms with Crippen LogP contribution in [-0.4, -0.2) is 45.2 Å². The van der Waals surface area contributed by atoms with Crippen LogP contribution in [-0.2, 0) is 21.6 Å². The highest BCUT2D eigenvalue weighted by Crippen LogP contribution is 2.29. The number of methoxy groups -OCH3 is 1. The summed E-state index contributed by atoms with van der Waals surface area (Å²) >= 11 is 0. The van der Waals surface area contributed by atoms with E-state index in [1.165, 1.54) is 4.90 Å². The summed E-state index contributed by atoms with van der Waals surface area (Å²) in [5, 5.41) is 0. The van der Waals surface area contributed by atoms with Crippen molar-refractivity contribution in [3.05, 3.63) is 23.8 Å². The summed E-state index contributed by atoms with van der Waals surface area (Å²) in [6.45, 7) is 2.90. The molecule has 1 aliphatic heterocycles. The molecule has 0 saturated carbocycles. The summed E-state index contributed by atoms with van der Waals surface area (Å²) in [6, 6.07) is 5.35. The molecule has 8 heteroatoms. The second-order valence-corrected chi connectivity index (χ2v) is 6.88. The normalized spacial score (nSPS) is 18.3. The molecule has 1 unspecified atom stereocenters. The second-order valence-electron chi connectivity index (χ2n) is 5.47. The van der Waals surface area contributed by atoms with E-state index in [1.807, 2.05) is 13.0 Å². The molecule has 6 nitrogen and oxygen atoms in total. The summed E-state index contributed by atoms with van der Waals surface area (Å²) in [7, 11) is -3.02. The largest absolute Gasteiger partial charge is 0.493 e. The number of benzene rings is 1. The van der Waals surface area contributed by atoms with Crippen molar-refractivity contribution in [1.29, 1.82) is 0 Å². The van der Waals surface area contributed by atoms with E-state index in [0.29, 0.717) is 24.7 Å². The van der Waals surface area contributed by atoms with Gasteiger partial charge < -0.3 is 14.4 Å². The topological polar surface area (TPSA) is 72.9 Å². The van der Waals surface area contributed by atoms with Crippen LogP contribution in [0.25, 0.3) is 0 Å². The highest BCUT2D eigenvalue weighted by atomic mass is 32.3. The molecule has 1 fully saturated rings. The third kappa shape index (κ3) is 4.82. The zero-order valence-electron chi connectivity index (χ0n) is 13.1. The Labute approximate surface area is 135 Å². The quantitative estimate of drug-likeness (QED) is 0.704. The van der Waals surface area contributed by atoms with Gasteiger partial charge in [-0.2, -0.15) is 8.42 Å². The Hall–Kier alpha value is -1.83. The Morgan fingerprint density at radius 3 is 2.70 bits per heavy atom. The second kappa shape index (κ2) is 7.16. The predicted octanol–water partition coefficient (Wildman–Crippen LogP) is 1.74. The fraction of sp³-hybridized carbons (Fsp3) is 0.533. The van der Waals surface area contributed by atoms with Crippen molar-refractivity contribution in [3.63, 3.8) is 0 Å². The van der Waals surface area contributed by atoms with Crippen molar-refractivity contribution in [2.75, 3.05) is 26.0 Å². The average Bonchev–Trinajstić information content (AvgIpc) is 2.77. The highest BCUT2D eigenvalue weighted by molar-refractivity contribution is 7.86. The lowest BCUT2D eigenvalue weighted by molar-refractivity contribution is -0.128. The van der Waals surface area contributed by atoms with Crippen LogP contribution >= 0.6 is 0 Å². The van der Waals surface area contributed by atoms with Gasteiger partial charge in [0.15, 0.2) is 11.5 Å². The predicted molar refractivity (Wildman–Crippen MR) is 82.6 cm³/mol. The van der Waals surface area contributed by atoms with E-state index in [1.54, 1.807) is 19.2 Å². The highest BCUT2D eigenvalue weighted by Gasteiger charge is 2.32. The van der Waals surface area contributed by atoms with E-state index in [-0.39, 0.29) is 18.9 Å². The van der Waals surface area contributed by atoms with Crippen LogP contribution in [0.1, 0.15) is 18.9 Å². The van der Waals surface area contributed by atoms with Crippen LogP contribution < -0.4 is 9.47 Å². The maximum Gasteiger partial charge on any atom is 0.302 e. The first kappa shape index (κ1) is 17.5. The number of hydrogen-bond acceptors (Lipinski definition) is 5. The van der Waals surface area contributed by atoms with Gasteiger partial charge in [0.2, 0.25) is 5.91 Å². The van der Waals surface area contributed by atoms with Crippen molar-refractivity contribution in [2.45, 2.75) is 19.9 Å². The third-order valence-electron chi connectivity index (χ3n) is 3.63. The number of amides is 1. The molecule has 0 spiro atoms. The van der Waals surface area contributed by atoms with Crippen LogP contribution in [0.15, 0.2) is 18.2 Å². The van der Waals surface area contributed by atoms with Crippen molar-refractivity contribution in [3.8, 4) is 11.5 Å². The number of carbonyl (C=O) groups is 1. The lowest BCUT2D eigenvalue weighted by atomic mass is 10.1. The Morgan fingerprint density at radius 2 is 2.09 bits per heavy atom. The van der Waals surface area contributed by atoms with Crippen molar-refractivity contribution in [1.82, 2.24) is 4.90 Å². The fourth-order valence-electron chi connectivity index (χ4n) is 2.71. The maximum absolute atomic E-state index is 12.8. The summed E-state index contributed by atoms with van der Waals surface area (Å²) in [4.78, 5) is 13.5. The lowest BCUT2D eigenvalue weighted by Gasteiger charge is -2.18. The van der Waals surface area contributed by atoms with Gasteiger partial charge in [-0.25, -0.2) is 0 Å². The molecule has 0 aromatic heterocycles. The van der Waals surface area contributed by atoms with Gasteiger partial charge in [0.1, 0.15) is 0 Å². The molecule has 1 saturated heterocycles. The molecular weight excluding hydrogens is 325 g/mol. The standard InChI is InChI=1S/C15H20FNO5S/c1-3-22-14-6-11(4-5-13(14)21-2)8-17-9-12(7-15(17)18)10-23(16,19)20/h4-6,12H,3,7-10H2,1-2H3. The molecule has 128 valence electrons. The van der Waals surface area contributed by atoms with Gasteiger partial charge in [-0.3, -0.25) is 4.79 Å². The molecule has 1 atom stereocenters. The van der Waals surface area contributed by atoms with Gasteiger partial charge in [-0.15, -0.1) is 3.89 Å². The van der Waals surface area contributed by atoms with E-state index < -0.39 is 21.9 Å². The van der Waals surface area contributed by atoms with Crippen molar-refractivity contribution < 1.29 is 26.6 Å². The molecule has 0 bridgehead atoms. The fourth-order valence-corrected chi connectivity index (χ4v) is 3.49. The number of ether oxygens (including phenoxy) is 2. The van der Waals surface area contributed by atoms with Gasteiger partial charge in [0.05, 0.1) is 19.5 Å². The minimum Gasteiger partial charge on any atom is -0.493 e. The van der Waals surface area contributed by atoms with Gasteiger partial charge in [-0.05, 0) is 24.6 Å². The number of rotatable bonds is 7. The number of likely N-dealkylation sites (tertiary alicyclic amines) is 1. The first-order valence-electron chi connectivity index (χ1n) is 7.32. The van der Waals surface area contributed by atoms with E-state index in [0.717, 1.165) is 5.56 Å². The summed E-state index contributed by atoms with van der Waals surface area (Å²) in [6.07, 6.45) is 0.0532. The molecule has 0 N–H and O–H groups in total. The smallest absolute Gasteiger partial charge is 0.302 e. The van der Waals surface area contributed by atoms with E-state index in [4.69, 9.17) is 9.47 Å². The Bertz CT molecular complexity index is 676. The van der Waals surface area contributed by atoms with E-state index >= 15 is 0 Å². The number of carbonyl (C=O) groups excluding carboxylic acids is 1. The van der Waals surface area contributed by atoms with Gasteiger partial charge >= 0.3 is 10.2 Å². The molecule has 2 rings (SSSR count). The Balaban J connectivity index is 2.07. The first-order chi connectivity index (χ1) is 10.8. The zero-order chi connectivity index (χ0) is 17.0. The molecule has 0 radical (unpaired) electrons. The van der Waals surface area contributed by atoms with Crippen LogP contribution in [0.4, 0.5) is 3.89 Å². The number of hydrogen-bond donors (Lipinski definition) is 0. The van der Waals surface area contributed by atoms with Crippen LogP contribution in [0.3, 0.4) is 0 Å². The molecule has 1 heterocycles. The van der Waals surface area contributed by atoms with Crippen LogP contribution in [0, 0.1) is 5.92 Å². The van der Waals surface area contributed by atoms with E-state index in [9.17, 15) is 17.1 Å². The molecule has 0 aliphatic carbocycles. The monoisotopic (exact) mass is 345 g/mol. The Kier molecular flexibility index (Phi) is 5.46. The zero-order valence-corrected chi connectivity index (χ0v) is 13.9. The van der Waals surface area contributed by atoms with Gasteiger partial charge in [0.25, 0.3) is 0 Å². The molecule has 23 heavy (non-hydrogen) atoms. The minimum atomic E-state index is -4.57. The first-order valence-corrected chi connectivity index (χ1v) is 8.87. The Morgan fingerprint density at radius 1 is 1.35 bits per heavy atom. The van der Waals surface area contributed by atoms with E-state index in [2.05, 4.69) is 0 Å². The number of nitrogens with zero attached hydrogens (tertiary/aromatic N) is 1. The molecule has 1 aromatic rings. The van der Waals surface area contributed by atoms with Gasteiger partial charge in [-0.1, -0.05) is 6.07 Å². The molecular formula is C15H20FNO5S. The third-order valence-corrected chi connectivity index (χ3v) is 4.50. The summed E-state index contributed by atoms with van der Waals surface area (Å²) < 4.78 is 44.9. The van der Waals surface area contributed by atoms with Crippen molar-refractivity contribution in [2.24, 2.45) is 5.92 Å². The summed E-state index contributed by atoms with van der Waals surface area (Å²) in [5.41, 5.74) is 0.839. The molecule has 1 aliphatic rings. The number of halogens is 1. The molecule has 1 amide bonds. The summed E-state index contributed by atoms with van der Waals surface area (Å²) in [5.74, 6) is -0.0940.